The van der Waals surface area contributed by atoms with Crippen LogP contribution in [0.2, 0.25) is 0 Å². The van der Waals surface area contributed by atoms with Crippen LogP contribution in [0.4, 0.5) is 0 Å². The predicted molar refractivity (Wildman–Crippen MR) is 108 cm³/mol. The average Bonchev–Trinajstić information content (AvgIpc) is 3.41. The second-order valence-corrected chi connectivity index (χ2v) is 8.23. The van der Waals surface area contributed by atoms with Crippen LogP contribution in [0, 0.1) is 11.8 Å². The molecule has 4 rings (SSSR count). The van der Waals surface area contributed by atoms with Gasteiger partial charge >= 0.3 is 0 Å². The van der Waals surface area contributed by atoms with Crippen LogP contribution in [-0.2, 0) is 11.3 Å². The first-order valence-corrected chi connectivity index (χ1v) is 10.8. The molecule has 0 amide bonds. The first-order chi connectivity index (χ1) is 13.3. The molecule has 2 fully saturated rings. The lowest BCUT2D eigenvalue weighted by atomic mass is 9.80. The van der Waals surface area contributed by atoms with E-state index in [1.165, 1.54) is 57.1 Å². The van der Waals surface area contributed by atoms with E-state index in [9.17, 15) is 4.79 Å². The van der Waals surface area contributed by atoms with Gasteiger partial charge in [0.05, 0.1) is 12.8 Å². The highest BCUT2D eigenvalue weighted by molar-refractivity contribution is 6.03. The number of Topliss-reactive ketones (excluding diaryl/α,β-unsaturated/α-hetero) is 1. The van der Waals surface area contributed by atoms with E-state index in [4.69, 9.17) is 4.42 Å². The van der Waals surface area contributed by atoms with Crippen molar-refractivity contribution in [3.8, 4) is 0 Å². The van der Waals surface area contributed by atoms with Gasteiger partial charge in [0.2, 0.25) is 0 Å². The van der Waals surface area contributed by atoms with Crippen LogP contribution in [-0.4, -0.2) is 5.78 Å². The van der Waals surface area contributed by atoms with Crippen molar-refractivity contribution in [3.05, 3.63) is 59.2 Å². The number of rotatable bonds is 6. The lowest BCUT2D eigenvalue weighted by molar-refractivity contribution is -0.119. The molecule has 3 aliphatic rings. The smallest absolute Gasteiger partial charge is 0.166 e. The summed E-state index contributed by atoms with van der Waals surface area (Å²) in [7, 11) is 0. The summed E-state index contributed by atoms with van der Waals surface area (Å²) in [4.78, 5) is 13.2. The van der Waals surface area contributed by atoms with E-state index in [1.807, 2.05) is 18.2 Å². The summed E-state index contributed by atoms with van der Waals surface area (Å²) >= 11 is 0. The van der Waals surface area contributed by atoms with Crippen LogP contribution in [0.15, 0.2) is 57.9 Å². The van der Waals surface area contributed by atoms with Gasteiger partial charge in [-0.05, 0) is 43.7 Å². The minimum atomic E-state index is 0.220. The van der Waals surface area contributed by atoms with Crippen molar-refractivity contribution >= 4 is 5.78 Å². The van der Waals surface area contributed by atoms with E-state index in [0.29, 0.717) is 18.2 Å². The number of ketones is 1. The molecule has 1 aromatic heterocycles. The Hall–Kier alpha value is -2.03. The Morgan fingerprint density at radius 2 is 1.70 bits per heavy atom. The Kier molecular flexibility index (Phi) is 5.96. The highest BCUT2D eigenvalue weighted by atomic mass is 16.3. The summed E-state index contributed by atoms with van der Waals surface area (Å²) in [5.41, 5.74) is 3.34. The minimum Gasteiger partial charge on any atom is -0.467 e. The molecule has 0 aromatic carbocycles. The Labute approximate surface area is 162 Å². The average molecular weight is 366 g/mol. The van der Waals surface area contributed by atoms with Crippen LogP contribution in [0.1, 0.15) is 70.0 Å². The van der Waals surface area contributed by atoms with E-state index in [-0.39, 0.29) is 5.92 Å². The largest absolute Gasteiger partial charge is 0.467 e. The third-order valence-electron chi connectivity index (χ3n) is 6.39. The summed E-state index contributed by atoms with van der Waals surface area (Å²) in [6.45, 7) is 0.682. The topological polar surface area (TPSA) is 42.2 Å². The summed E-state index contributed by atoms with van der Waals surface area (Å²) in [6, 6.07) is 3.93. The molecule has 0 atom stereocenters. The quantitative estimate of drug-likeness (QED) is 0.687. The van der Waals surface area contributed by atoms with Crippen LogP contribution in [0.3, 0.4) is 0 Å². The highest BCUT2D eigenvalue weighted by Crippen LogP contribution is 2.36. The number of carbonyl (C=O) groups excluding carboxylic acids is 1. The molecule has 144 valence electrons. The van der Waals surface area contributed by atoms with Crippen LogP contribution >= 0.6 is 0 Å². The normalized spacial score (nSPS) is 23.3. The van der Waals surface area contributed by atoms with Crippen molar-refractivity contribution in [2.45, 2.75) is 70.8 Å². The van der Waals surface area contributed by atoms with E-state index in [2.05, 4.69) is 17.5 Å². The summed E-state index contributed by atoms with van der Waals surface area (Å²) in [5, 5.41) is 3.66. The molecule has 0 unspecified atom stereocenters. The van der Waals surface area contributed by atoms with E-state index >= 15 is 0 Å². The van der Waals surface area contributed by atoms with Crippen LogP contribution < -0.4 is 5.32 Å². The number of furan rings is 1. The molecule has 27 heavy (non-hydrogen) atoms. The first kappa shape index (κ1) is 18.3. The van der Waals surface area contributed by atoms with E-state index in [1.54, 1.807) is 6.26 Å². The standard InChI is InChI=1S/C24H31NO2/c26-24(19-11-5-2-6-12-19)22-15-7-14-21(22)23(18-9-3-1-4-10-18)25-17-20-13-8-16-27-20/h7-8,13-16,18-19,25H,1-6,9-12,17H2/b23-21-. The molecule has 0 saturated heterocycles. The molecule has 3 nitrogen and oxygen atoms in total. The van der Waals surface area contributed by atoms with Gasteiger partial charge in [-0.1, -0.05) is 56.8 Å². The molecule has 0 radical (unpaired) electrons. The minimum absolute atomic E-state index is 0.220. The maximum absolute atomic E-state index is 13.2. The van der Waals surface area contributed by atoms with Crippen LogP contribution in [0.25, 0.3) is 0 Å². The third kappa shape index (κ3) is 4.28. The van der Waals surface area contributed by atoms with Gasteiger partial charge in [-0.3, -0.25) is 4.79 Å². The zero-order valence-corrected chi connectivity index (χ0v) is 16.2. The summed E-state index contributed by atoms with van der Waals surface area (Å²) in [6.07, 6.45) is 20.1. The van der Waals surface area contributed by atoms with Gasteiger partial charge in [0.15, 0.2) is 5.78 Å². The zero-order valence-electron chi connectivity index (χ0n) is 16.2. The van der Waals surface area contributed by atoms with Crippen LogP contribution in [0.5, 0.6) is 0 Å². The van der Waals surface area contributed by atoms with Crippen molar-refractivity contribution < 1.29 is 9.21 Å². The predicted octanol–water partition coefficient (Wildman–Crippen LogP) is 5.85. The molecular weight excluding hydrogens is 334 g/mol. The molecule has 2 saturated carbocycles. The fourth-order valence-electron chi connectivity index (χ4n) is 4.90. The zero-order chi connectivity index (χ0) is 18.5. The second kappa shape index (κ2) is 8.77. The molecular formula is C24H31NO2. The van der Waals surface area contributed by atoms with Crippen molar-refractivity contribution in [1.82, 2.24) is 5.32 Å². The maximum atomic E-state index is 13.2. The number of nitrogens with one attached hydrogen (secondary N) is 1. The molecule has 0 bridgehead atoms. The lowest BCUT2D eigenvalue weighted by Crippen LogP contribution is -2.26. The number of carbonyl (C=O) groups is 1. The van der Waals surface area contributed by atoms with Gasteiger partial charge in [0.1, 0.15) is 5.76 Å². The molecule has 3 heteroatoms. The maximum Gasteiger partial charge on any atom is 0.166 e. The Bertz CT molecular complexity index is 726. The lowest BCUT2D eigenvalue weighted by Gasteiger charge is -2.28. The fourth-order valence-corrected chi connectivity index (χ4v) is 4.90. The van der Waals surface area contributed by atoms with Gasteiger partial charge in [-0.2, -0.15) is 0 Å². The van der Waals surface area contributed by atoms with Crippen molar-refractivity contribution in [1.29, 1.82) is 0 Å². The third-order valence-corrected chi connectivity index (χ3v) is 6.39. The summed E-state index contributed by atoms with van der Waals surface area (Å²) < 4.78 is 5.52. The van der Waals surface area contributed by atoms with Gasteiger partial charge in [-0.15, -0.1) is 0 Å². The van der Waals surface area contributed by atoms with Gasteiger partial charge in [0, 0.05) is 22.8 Å². The number of allylic oxidation sites excluding steroid dienone is 6. The molecule has 1 N–H and O–H groups in total. The molecule has 0 spiro atoms. The molecule has 3 aliphatic carbocycles. The monoisotopic (exact) mass is 365 g/mol. The van der Waals surface area contributed by atoms with E-state index in [0.717, 1.165) is 29.7 Å². The SMILES string of the molecule is O=C(C1=CC=C/C1=C(/NCc1ccco1)C1CCCCC1)C1CCCCC1. The van der Waals surface area contributed by atoms with Gasteiger partial charge in [-0.25, -0.2) is 0 Å². The Morgan fingerprint density at radius 1 is 1.00 bits per heavy atom. The summed E-state index contributed by atoms with van der Waals surface area (Å²) in [5.74, 6) is 2.05. The first-order valence-electron chi connectivity index (χ1n) is 10.8. The van der Waals surface area contributed by atoms with Gasteiger partial charge < -0.3 is 9.73 Å². The number of hydrogen-bond donors (Lipinski definition) is 1. The van der Waals surface area contributed by atoms with Crippen molar-refractivity contribution in [3.63, 3.8) is 0 Å². The van der Waals surface area contributed by atoms with E-state index < -0.39 is 0 Å². The number of hydrogen-bond acceptors (Lipinski definition) is 3. The Morgan fingerprint density at radius 3 is 2.37 bits per heavy atom. The fraction of sp³-hybridized carbons (Fsp3) is 0.542. The second-order valence-electron chi connectivity index (χ2n) is 8.23. The molecule has 1 heterocycles. The van der Waals surface area contributed by atoms with Crippen molar-refractivity contribution in [2.24, 2.45) is 11.8 Å². The Balaban J connectivity index is 1.58. The molecule has 1 aromatic rings. The highest BCUT2D eigenvalue weighted by Gasteiger charge is 2.30. The van der Waals surface area contributed by atoms with Gasteiger partial charge in [0.25, 0.3) is 0 Å². The van der Waals surface area contributed by atoms with Crippen molar-refractivity contribution in [2.75, 3.05) is 0 Å². The molecule has 0 aliphatic heterocycles.